The normalized spacial score (nSPS) is 13.7. The zero-order valence-electron chi connectivity index (χ0n) is 17.9. The fourth-order valence-corrected chi connectivity index (χ4v) is 5.38. The van der Waals surface area contributed by atoms with Crippen molar-refractivity contribution >= 4 is 39.1 Å². The monoisotopic (exact) mass is 478 g/mol. The quantitative estimate of drug-likeness (QED) is 0.428. The van der Waals surface area contributed by atoms with Gasteiger partial charge in [0, 0.05) is 24.5 Å². The molecule has 0 saturated heterocycles. The highest BCUT2D eigenvalue weighted by Crippen LogP contribution is 2.28. The molecule has 1 aromatic carbocycles. The first-order valence-electron chi connectivity index (χ1n) is 10.2. The van der Waals surface area contributed by atoms with Crippen molar-refractivity contribution in [3.63, 3.8) is 0 Å². The van der Waals surface area contributed by atoms with E-state index in [1.807, 2.05) is 6.07 Å². The van der Waals surface area contributed by atoms with E-state index in [1.54, 1.807) is 0 Å². The van der Waals surface area contributed by atoms with Gasteiger partial charge in [0.2, 0.25) is 10.0 Å². The third kappa shape index (κ3) is 5.72. The number of aryl methyl sites for hydroxylation is 2. The molecule has 0 fully saturated rings. The molecule has 0 spiro atoms. The Morgan fingerprint density at radius 3 is 2.50 bits per heavy atom. The van der Waals surface area contributed by atoms with Crippen LogP contribution in [-0.2, 0) is 27.7 Å². The molecule has 0 radical (unpaired) electrons. The van der Waals surface area contributed by atoms with Crippen LogP contribution in [0, 0.1) is 0 Å². The van der Waals surface area contributed by atoms with E-state index < -0.39 is 27.7 Å². The van der Waals surface area contributed by atoms with E-state index in [4.69, 9.17) is 0 Å². The number of amides is 3. The van der Waals surface area contributed by atoms with Crippen LogP contribution in [0.15, 0.2) is 35.2 Å². The molecule has 3 rings (SSSR count). The number of nitrogens with zero attached hydrogens (tertiary/aromatic N) is 1. The molecular weight excluding hydrogens is 452 g/mol. The molecule has 9 nitrogen and oxygen atoms in total. The number of rotatable bonds is 6. The van der Waals surface area contributed by atoms with E-state index in [-0.39, 0.29) is 17.0 Å². The molecule has 0 saturated carbocycles. The van der Waals surface area contributed by atoms with Gasteiger partial charge in [-0.1, -0.05) is 12.5 Å². The van der Waals surface area contributed by atoms with Gasteiger partial charge >= 0.3 is 0 Å². The van der Waals surface area contributed by atoms with Gasteiger partial charge in [-0.15, -0.1) is 11.3 Å². The molecule has 2 aromatic rings. The van der Waals surface area contributed by atoms with Crippen LogP contribution >= 0.6 is 11.3 Å². The van der Waals surface area contributed by atoms with Crippen molar-refractivity contribution in [2.75, 3.05) is 20.6 Å². The fraction of sp³-hybridized carbons (Fsp3) is 0.381. The SMILES string of the molecule is CN(C)S(=O)(=O)c1cccc(C(=O)NCC(=O)NNC(=O)c2cc3c(s2)CCCCC3)c1. The van der Waals surface area contributed by atoms with E-state index in [1.165, 1.54) is 66.6 Å². The Labute approximate surface area is 191 Å². The van der Waals surface area contributed by atoms with Crippen molar-refractivity contribution in [1.29, 1.82) is 0 Å². The van der Waals surface area contributed by atoms with Crippen molar-refractivity contribution in [3.05, 3.63) is 51.2 Å². The molecule has 3 amide bonds. The van der Waals surface area contributed by atoms with E-state index in [9.17, 15) is 22.8 Å². The van der Waals surface area contributed by atoms with Gasteiger partial charge in [0.1, 0.15) is 0 Å². The second-order valence-electron chi connectivity index (χ2n) is 7.62. The van der Waals surface area contributed by atoms with Gasteiger partial charge in [0.25, 0.3) is 17.7 Å². The molecule has 1 aliphatic rings. The van der Waals surface area contributed by atoms with Crippen LogP contribution in [0.4, 0.5) is 0 Å². The summed E-state index contributed by atoms with van der Waals surface area (Å²) in [4.78, 5) is 38.4. The average molecular weight is 479 g/mol. The highest BCUT2D eigenvalue weighted by molar-refractivity contribution is 7.89. The number of sulfonamides is 1. The Balaban J connectivity index is 1.51. The van der Waals surface area contributed by atoms with Crippen molar-refractivity contribution in [3.8, 4) is 0 Å². The van der Waals surface area contributed by atoms with E-state index in [2.05, 4.69) is 16.2 Å². The third-order valence-electron chi connectivity index (χ3n) is 5.07. The number of carbonyl (C=O) groups is 3. The standard InChI is InChI=1S/C21H26N4O5S2/c1-25(2)32(29,30)16-9-6-8-15(11-16)20(27)22-13-19(26)23-24-21(28)18-12-14-7-4-3-5-10-17(14)31-18/h6,8-9,11-12H,3-5,7,10,13H2,1-2H3,(H,22,27)(H,23,26)(H,24,28). The molecule has 0 atom stereocenters. The minimum atomic E-state index is -3.68. The molecule has 1 aliphatic carbocycles. The van der Waals surface area contributed by atoms with E-state index >= 15 is 0 Å². The summed E-state index contributed by atoms with van der Waals surface area (Å²) in [5.41, 5.74) is 5.95. The maximum absolute atomic E-state index is 12.3. The van der Waals surface area contributed by atoms with Gasteiger partial charge in [-0.3, -0.25) is 25.2 Å². The molecule has 32 heavy (non-hydrogen) atoms. The van der Waals surface area contributed by atoms with Crippen molar-refractivity contribution in [1.82, 2.24) is 20.5 Å². The largest absolute Gasteiger partial charge is 0.343 e. The summed E-state index contributed by atoms with van der Waals surface area (Å²) < 4.78 is 25.5. The van der Waals surface area contributed by atoms with Crippen LogP contribution in [-0.4, -0.2) is 51.1 Å². The van der Waals surface area contributed by atoms with Gasteiger partial charge < -0.3 is 5.32 Å². The lowest BCUT2D eigenvalue weighted by Crippen LogP contribution is -2.46. The summed E-state index contributed by atoms with van der Waals surface area (Å²) in [6.45, 7) is -0.384. The summed E-state index contributed by atoms with van der Waals surface area (Å²) >= 11 is 1.44. The smallest absolute Gasteiger partial charge is 0.279 e. The Bertz CT molecular complexity index is 1100. The number of hydrogen-bond acceptors (Lipinski definition) is 6. The van der Waals surface area contributed by atoms with Gasteiger partial charge in [-0.25, -0.2) is 12.7 Å². The number of benzene rings is 1. The van der Waals surface area contributed by atoms with Crippen LogP contribution in [0.2, 0.25) is 0 Å². The van der Waals surface area contributed by atoms with Crippen LogP contribution in [0.25, 0.3) is 0 Å². The second kappa shape index (κ2) is 10.2. The molecule has 0 aliphatic heterocycles. The lowest BCUT2D eigenvalue weighted by molar-refractivity contribution is -0.120. The summed E-state index contributed by atoms with van der Waals surface area (Å²) in [6, 6.07) is 7.41. The zero-order chi connectivity index (χ0) is 23.3. The highest BCUT2D eigenvalue weighted by atomic mass is 32.2. The molecule has 3 N–H and O–H groups in total. The first kappa shape index (κ1) is 23.9. The number of fused-ring (bicyclic) bond motifs is 1. The maximum atomic E-state index is 12.3. The van der Waals surface area contributed by atoms with Gasteiger partial charge in [0.15, 0.2) is 0 Å². The van der Waals surface area contributed by atoms with Gasteiger partial charge in [-0.05, 0) is 55.5 Å². The molecular formula is C21H26N4O5S2. The zero-order valence-corrected chi connectivity index (χ0v) is 19.6. The molecule has 0 bridgehead atoms. The van der Waals surface area contributed by atoms with Crippen molar-refractivity contribution in [2.24, 2.45) is 0 Å². The average Bonchev–Trinajstić information content (AvgIpc) is 3.06. The third-order valence-corrected chi connectivity index (χ3v) is 8.12. The molecule has 172 valence electrons. The molecule has 1 heterocycles. The Hall–Kier alpha value is -2.76. The number of thiophene rings is 1. The number of hydrazine groups is 1. The van der Waals surface area contributed by atoms with Crippen LogP contribution < -0.4 is 16.2 Å². The second-order valence-corrected chi connectivity index (χ2v) is 10.9. The summed E-state index contributed by atoms with van der Waals surface area (Å²) in [5.74, 6) is -1.62. The Morgan fingerprint density at radius 2 is 1.75 bits per heavy atom. The maximum Gasteiger partial charge on any atom is 0.279 e. The molecule has 1 aromatic heterocycles. The van der Waals surface area contributed by atoms with Crippen LogP contribution in [0.3, 0.4) is 0 Å². The summed E-state index contributed by atoms with van der Waals surface area (Å²) in [7, 11) is -0.892. The minimum absolute atomic E-state index is 0.0267. The predicted molar refractivity (Wildman–Crippen MR) is 121 cm³/mol. The summed E-state index contributed by atoms with van der Waals surface area (Å²) in [5, 5.41) is 2.41. The lowest BCUT2D eigenvalue weighted by atomic mass is 10.1. The first-order chi connectivity index (χ1) is 15.2. The number of carbonyl (C=O) groups excluding carboxylic acids is 3. The van der Waals surface area contributed by atoms with Crippen molar-refractivity contribution in [2.45, 2.75) is 37.0 Å². The number of hydrogen-bond donors (Lipinski definition) is 3. The molecule has 0 unspecified atom stereocenters. The van der Waals surface area contributed by atoms with Gasteiger partial charge in [-0.2, -0.15) is 0 Å². The van der Waals surface area contributed by atoms with E-state index in [0.29, 0.717) is 4.88 Å². The predicted octanol–water partition coefficient (Wildman–Crippen LogP) is 1.46. The Morgan fingerprint density at radius 1 is 1.00 bits per heavy atom. The van der Waals surface area contributed by atoms with Gasteiger partial charge in [0.05, 0.1) is 16.3 Å². The van der Waals surface area contributed by atoms with Crippen LogP contribution in [0.1, 0.15) is 49.7 Å². The van der Waals surface area contributed by atoms with Crippen molar-refractivity contribution < 1.29 is 22.8 Å². The molecule has 11 heteroatoms. The topological polar surface area (TPSA) is 125 Å². The minimum Gasteiger partial charge on any atom is -0.343 e. The fourth-order valence-electron chi connectivity index (χ4n) is 3.28. The van der Waals surface area contributed by atoms with E-state index in [0.717, 1.165) is 30.0 Å². The Kier molecular flexibility index (Phi) is 7.64. The lowest BCUT2D eigenvalue weighted by Gasteiger charge is -2.12. The van der Waals surface area contributed by atoms with Crippen LogP contribution in [0.5, 0.6) is 0 Å². The summed E-state index contributed by atoms with van der Waals surface area (Å²) in [6.07, 6.45) is 5.37. The highest BCUT2D eigenvalue weighted by Gasteiger charge is 2.19. The first-order valence-corrected chi connectivity index (χ1v) is 12.5. The number of nitrogens with one attached hydrogen (secondary N) is 3.